The topological polar surface area (TPSA) is 91.8 Å². The van der Waals surface area contributed by atoms with E-state index in [1.807, 2.05) is 19.9 Å². The number of fused-ring (bicyclic) bond motifs is 1. The molecule has 0 saturated carbocycles. The Labute approximate surface area is 135 Å². The van der Waals surface area contributed by atoms with Gasteiger partial charge in [0.05, 0.1) is 11.9 Å². The van der Waals surface area contributed by atoms with Crippen LogP contribution in [0.5, 0.6) is 0 Å². The summed E-state index contributed by atoms with van der Waals surface area (Å²) in [5.74, 6) is -0.149. The number of hydrogen-bond acceptors (Lipinski definition) is 4. The van der Waals surface area contributed by atoms with Gasteiger partial charge < -0.3 is 0 Å². The molecule has 0 bridgehead atoms. The molecule has 0 aromatic carbocycles. The van der Waals surface area contributed by atoms with Gasteiger partial charge in [0, 0.05) is 23.5 Å². The number of aromatic nitrogens is 5. The van der Waals surface area contributed by atoms with E-state index in [0.29, 0.717) is 16.8 Å². The molecule has 0 amide bonds. The molecule has 0 fully saturated rings. The van der Waals surface area contributed by atoms with Gasteiger partial charge in [-0.1, -0.05) is 13.8 Å². The first-order chi connectivity index (χ1) is 11.4. The van der Waals surface area contributed by atoms with Crippen molar-refractivity contribution in [1.82, 2.24) is 24.4 Å². The summed E-state index contributed by atoms with van der Waals surface area (Å²) < 4.78 is 27.3. The van der Waals surface area contributed by atoms with E-state index in [9.17, 15) is 13.6 Å². The van der Waals surface area contributed by atoms with Crippen LogP contribution in [-0.2, 0) is 6.54 Å². The Morgan fingerprint density at radius 1 is 1.42 bits per heavy atom. The van der Waals surface area contributed by atoms with Crippen molar-refractivity contribution in [1.29, 1.82) is 5.26 Å². The van der Waals surface area contributed by atoms with Crippen molar-refractivity contribution >= 4 is 5.65 Å². The molecular weight excluding hydrogens is 318 g/mol. The monoisotopic (exact) mass is 332 g/mol. The third kappa shape index (κ3) is 2.56. The highest BCUT2D eigenvalue weighted by molar-refractivity contribution is 5.67. The number of H-pyrrole nitrogens is 1. The maximum absolute atomic E-state index is 12.7. The highest BCUT2D eigenvalue weighted by atomic mass is 19.3. The molecule has 0 aliphatic rings. The average Bonchev–Trinajstić information content (AvgIpc) is 3.12. The molecule has 9 heteroatoms. The Balaban J connectivity index is 2.26. The molecule has 0 atom stereocenters. The lowest BCUT2D eigenvalue weighted by Crippen LogP contribution is -2.22. The predicted molar refractivity (Wildman–Crippen MR) is 81.8 cm³/mol. The van der Waals surface area contributed by atoms with Crippen LogP contribution in [0.15, 0.2) is 23.4 Å². The number of nitrogens with zero attached hydrogens (tertiary/aromatic N) is 5. The first-order valence-corrected chi connectivity index (χ1v) is 7.27. The molecule has 0 aliphatic carbocycles. The van der Waals surface area contributed by atoms with E-state index < -0.39 is 13.0 Å². The quantitative estimate of drug-likeness (QED) is 0.792. The number of aromatic amines is 1. The van der Waals surface area contributed by atoms with Gasteiger partial charge in [-0.05, 0) is 5.92 Å². The fraction of sp³-hybridized carbons (Fsp3) is 0.333. The second-order valence-corrected chi connectivity index (χ2v) is 5.63. The van der Waals surface area contributed by atoms with Crippen LogP contribution in [0.2, 0.25) is 0 Å². The Morgan fingerprint density at radius 3 is 2.79 bits per heavy atom. The first kappa shape index (κ1) is 15.9. The minimum Gasteiger partial charge on any atom is -0.295 e. The Morgan fingerprint density at radius 2 is 2.17 bits per heavy atom. The van der Waals surface area contributed by atoms with E-state index in [1.165, 1.54) is 23.1 Å². The second-order valence-electron chi connectivity index (χ2n) is 5.63. The van der Waals surface area contributed by atoms with Crippen LogP contribution in [0.1, 0.15) is 30.9 Å². The Bertz CT molecular complexity index is 992. The second kappa shape index (κ2) is 5.88. The van der Waals surface area contributed by atoms with Gasteiger partial charge in [-0.15, -0.1) is 0 Å². The van der Waals surface area contributed by atoms with Crippen LogP contribution in [0, 0.1) is 11.3 Å². The van der Waals surface area contributed by atoms with Gasteiger partial charge >= 0.3 is 0 Å². The number of nitrogens with one attached hydrogen (secondary N) is 1. The van der Waals surface area contributed by atoms with Crippen molar-refractivity contribution in [2.24, 2.45) is 0 Å². The molecule has 3 aromatic heterocycles. The summed E-state index contributed by atoms with van der Waals surface area (Å²) in [4.78, 5) is 17.1. The summed E-state index contributed by atoms with van der Waals surface area (Å²) in [7, 11) is 0. The third-order valence-electron chi connectivity index (χ3n) is 3.63. The zero-order valence-corrected chi connectivity index (χ0v) is 13.0. The minimum atomic E-state index is -2.53. The number of halogens is 2. The van der Waals surface area contributed by atoms with Crippen LogP contribution in [0.4, 0.5) is 8.78 Å². The van der Waals surface area contributed by atoms with E-state index in [2.05, 4.69) is 15.2 Å². The summed E-state index contributed by atoms with van der Waals surface area (Å²) >= 11 is 0. The maximum Gasteiger partial charge on any atom is 0.276 e. The predicted octanol–water partition coefficient (Wildman–Crippen LogP) is 2.15. The van der Waals surface area contributed by atoms with Crippen molar-refractivity contribution in [2.75, 3.05) is 0 Å². The number of hydrogen-bond donors (Lipinski definition) is 1. The van der Waals surface area contributed by atoms with Crippen molar-refractivity contribution in [3.05, 3.63) is 40.1 Å². The molecule has 0 spiro atoms. The smallest absolute Gasteiger partial charge is 0.276 e. The number of alkyl halides is 2. The van der Waals surface area contributed by atoms with Crippen LogP contribution >= 0.6 is 0 Å². The van der Waals surface area contributed by atoms with Crippen LogP contribution in [0.3, 0.4) is 0 Å². The lowest BCUT2D eigenvalue weighted by atomic mass is 10.00. The Kier molecular flexibility index (Phi) is 3.89. The largest absolute Gasteiger partial charge is 0.295 e. The van der Waals surface area contributed by atoms with E-state index >= 15 is 0 Å². The van der Waals surface area contributed by atoms with Gasteiger partial charge in [0.2, 0.25) is 0 Å². The summed E-state index contributed by atoms with van der Waals surface area (Å²) in [6.45, 7) is 3.14. The fourth-order valence-electron chi connectivity index (χ4n) is 2.58. The van der Waals surface area contributed by atoms with Crippen LogP contribution in [-0.4, -0.2) is 30.8 Å². The molecule has 0 aliphatic heterocycles. The summed E-state index contributed by atoms with van der Waals surface area (Å²) in [6.07, 6.45) is 1.69. The lowest BCUT2D eigenvalue weighted by molar-refractivity contribution is 0.122. The van der Waals surface area contributed by atoms with E-state index in [0.717, 1.165) is 4.68 Å². The van der Waals surface area contributed by atoms with E-state index in [1.54, 1.807) is 0 Å². The SMILES string of the molecule is CC(C)c1c(-c2cnn(CC(F)F)c2)nc2c(C#N)c[nH]n2c1=O. The van der Waals surface area contributed by atoms with Crippen LogP contribution in [0.25, 0.3) is 16.9 Å². The van der Waals surface area contributed by atoms with Gasteiger partial charge in [0.15, 0.2) is 5.65 Å². The molecule has 3 aromatic rings. The molecule has 3 heterocycles. The average molecular weight is 332 g/mol. The van der Waals surface area contributed by atoms with Crippen molar-refractivity contribution in [3.63, 3.8) is 0 Å². The van der Waals surface area contributed by atoms with Gasteiger partial charge in [0.25, 0.3) is 12.0 Å². The first-order valence-electron chi connectivity index (χ1n) is 7.27. The standard InChI is InChI=1S/C15H14F2N6O/c1-8(2)12-13(10-5-19-22(6-10)7-11(16)17)21-14-9(3-18)4-20-23(14)15(12)24/h4-6,8,11,20H,7H2,1-2H3. The van der Waals surface area contributed by atoms with Crippen LogP contribution < -0.4 is 5.56 Å². The van der Waals surface area contributed by atoms with Crippen molar-refractivity contribution in [2.45, 2.75) is 32.7 Å². The molecule has 3 rings (SSSR count). The maximum atomic E-state index is 12.7. The molecule has 0 radical (unpaired) electrons. The number of nitriles is 1. The van der Waals surface area contributed by atoms with Gasteiger partial charge in [-0.2, -0.15) is 10.4 Å². The van der Waals surface area contributed by atoms with Crippen molar-refractivity contribution < 1.29 is 8.78 Å². The fourth-order valence-corrected chi connectivity index (χ4v) is 2.58. The molecule has 124 valence electrons. The summed E-state index contributed by atoms with van der Waals surface area (Å²) in [5.41, 5.74) is 1.34. The zero-order valence-electron chi connectivity index (χ0n) is 13.0. The molecule has 0 unspecified atom stereocenters. The summed E-state index contributed by atoms with van der Waals surface area (Å²) in [5, 5.41) is 15.7. The van der Waals surface area contributed by atoms with Gasteiger partial charge in [0.1, 0.15) is 18.2 Å². The lowest BCUT2D eigenvalue weighted by Gasteiger charge is -2.10. The molecular formula is C15H14F2N6O. The summed E-state index contributed by atoms with van der Waals surface area (Å²) in [6, 6.07) is 1.96. The Hall–Kier alpha value is -3.02. The van der Waals surface area contributed by atoms with Gasteiger partial charge in [-0.3, -0.25) is 14.6 Å². The van der Waals surface area contributed by atoms with Crippen molar-refractivity contribution in [3.8, 4) is 17.3 Å². The molecule has 0 saturated heterocycles. The number of rotatable bonds is 4. The van der Waals surface area contributed by atoms with E-state index in [4.69, 9.17) is 5.26 Å². The molecule has 24 heavy (non-hydrogen) atoms. The molecule has 7 nitrogen and oxygen atoms in total. The van der Waals surface area contributed by atoms with E-state index in [-0.39, 0.29) is 22.7 Å². The van der Waals surface area contributed by atoms with Gasteiger partial charge in [-0.25, -0.2) is 18.3 Å². The zero-order chi connectivity index (χ0) is 17.4. The highest BCUT2D eigenvalue weighted by Crippen LogP contribution is 2.25. The minimum absolute atomic E-state index is 0.149. The molecule has 1 N–H and O–H groups in total. The normalized spacial score (nSPS) is 11.5. The highest BCUT2D eigenvalue weighted by Gasteiger charge is 2.21. The third-order valence-corrected chi connectivity index (χ3v) is 3.63.